The zero-order valence-electron chi connectivity index (χ0n) is 10.8. The average Bonchev–Trinajstić information content (AvgIpc) is 2.73. The molecule has 2 N–H and O–H groups in total. The SMILES string of the molecule is CN(CC1CCCCCC1N)C1CCCC1. The van der Waals surface area contributed by atoms with Crippen LogP contribution in [0.5, 0.6) is 0 Å². The van der Waals surface area contributed by atoms with Crippen molar-refractivity contribution in [1.29, 1.82) is 0 Å². The Balaban J connectivity index is 1.81. The molecule has 0 spiro atoms. The Labute approximate surface area is 101 Å². The standard InChI is InChI=1S/C14H28N2/c1-16(13-8-5-6-9-13)11-12-7-3-2-4-10-14(12)15/h12-14H,2-11,15H2,1H3. The van der Waals surface area contributed by atoms with Gasteiger partial charge in [-0.15, -0.1) is 0 Å². The van der Waals surface area contributed by atoms with Gasteiger partial charge in [0.15, 0.2) is 0 Å². The highest BCUT2D eigenvalue weighted by molar-refractivity contribution is 4.82. The van der Waals surface area contributed by atoms with Crippen LogP contribution in [-0.4, -0.2) is 30.6 Å². The molecule has 0 aromatic rings. The lowest BCUT2D eigenvalue weighted by atomic mass is 9.94. The lowest BCUT2D eigenvalue weighted by Gasteiger charge is -2.31. The van der Waals surface area contributed by atoms with Crippen molar-refractivity contribution in [1.82, 2.24) is 4.90 Å². The van der Waals surface area contributed by atoms with Crippen molar-refractivity contribution < 1.29 is 0 Å². The van der Waals surface area contributed by atoms with Crippen molar-refractivity contribution in [3.8, 4) is 0 Å². The van der Waals surface area contributed by atoms with E-state index in [9.17, 15) is 0 Å². The third kappa shape index (κ3) is 3.21. The molecule has 2 unspecified atom stereocenters. The quantitative estimate of drug-likeness (QED) is 0.747. The van der Waals surface area contributed by atoms with E-state index in [1.165, 1.54) is 64.3 Å². The summed E-state index contributed by atoms with van der Waals surface area (Å²) in [5.74, 6) is 0.757. The van der Waals surface area contributed by atoms with E-state index in [1.807, 2.05) is 0 Å². The molecule has 16 heavy (non-hydrogen) atoms. The van der Waals surface area contributed by atoms with Gasteiger partial charge in [0.05, 0.1) is 0 Å². The molecule has 0 radical (unpaired) electrons. The number of nitrogens with two attached hydrogens (primary N) is 1. The first-order chi connectivity index (χ1) is 7.77. The molecule has 0 aromatic heterocycles. The maximum Gasteiger partial charge on any atom is 0.00923 e. The fourth-order valence-electron chi connectivity index (χ4n) is 3.50. The van der Waals surface area contributed by atoms with E-state index in [4.69, 9.17) is 5.73 Å². The van der Waals surface area contributed by atoms with Crippen LogP contribution in [-0.2, 0) is 0 Å². The zero-order chi connectivity index (χ0) is 11.4. The third-order valence-corrected chi connectivity index (χ3v) is 4.69. The van der Waals surface area contributed by atoms with Gasteiger partial charge in [0.2, 0.25) is 0 Å². The second-order valence-corrected chi connectivity index (χ2v) is 5.94. The molecule has 2 saturated carbocycles. The smallest absolute Gasteiger partial charge is 0.00923 e. The summed E-state index contributed by atoms with van der Waals surface area (Å²) in [4.78, 5) is 2.60. The van der Waals surface area contributed by atoms with Gasteiger partial charge in [-0.3, -0.25) is 0 Å². The largest absolute Gasteiger partial charge is 0.327 e. The minimum absolute atomic E-state index is 0.464. The Hall–Kier alpha value is -0.0800. The topological polar surface area (TPSA) is 29.3 Å². The minimum atomic E-state index is 0.464. The van der Waals surface area contributed by atoms with Gasteiger partial charge < -0.3 is 10.6 Å². The summed E-state index contributed by atoms with van der Waals surface area (Å²) in [5, 5.41) is 0. The van der Waals surface area contributed by atoms with Crippen LogP contribution in [0.4, 0.5) is 0 Å². The highest BCUT2D eigenvalue weighted by atomic mass is 15.1. The minimum Gasteiger partial charge on any atom is -0.327 e. The number of hydrogen-bond donors (Lipinski definition) is 1. The molecule has 0 heterocycles. The molecule has 2 aliphatic carbocycles. The maximum absolute atomic E-state index is 6.30. The molecule has 2 fully saturated rings. The molecule has 0 saturated heterocycles. The van der Waals surface area contributed by atoms with Gasteiger partial charge in [0.1, 0.15) is 0 Å². The molecular formula is C14H28N2. The van der Waals surface area contributed by atoms with E-state index in [-0.39, 0.29) is 0 Å². The van der Waals surface area contributed by atoms with Crippen LogP contribution in [0.1, 0.15) is 57.8 Å². The predicted octanol–water partition coefficient (Wildman–Crippen LogP) is 2.77. The molecule has 2 nitrogen and oxygen atoms in total. The van der Waals surface area contributed by atoms with Gasteiger partial charge in [-0.2, -0.15) is 0 Å². The van der Waals surface area contributed by atoms with Gasteiger partial charge in [-0.05, 0) is 38.6 Å². The molecule has 2 rings (SSSR count). The normalized spacial score (nSPS) is 33.2. The van der Waals surface area contributed by atoms with E-state index in [0.29, 0.717) is 6.04 Å². The van der Waals surface area contributed by atoms with Crippen LogP contribution in [0.3, 0.4) is 0 Å². The Morgan fingerprint density at radius 2 is 1.56 bits per heavy atom. The fourth-order valence-corrected chi connectivity index (χ4v) is 3.50. The van der Waals surface area contributed by atoms with E-state index in [2.05, 4.69) is 11.9 Å². The van der Waals surface area contributed by atoms with E-state index >= 15 is 0 Å². The highest BCUT2D eigenvalue weighted by Gasteiger charge is 2.25. The van der Waals surface area contributed by atoms with Crippen molar-refractivity contribution >= 4 is 0 Å². The van der Waals surface area contributed by atoms with E-state index in [0.717, 1.165) is 12.0 Å². The van der Waals surface area contributed by atoms with Crippen LogP contribution in [0.25, 0.3) is 0 Å². The fraction of sp³-hybridized carbons (Fsp3) is 1.00. The molecule has 0 amide bonds. The van der Waals surface area contributed by atoms with Crippen LogP contribution >= 0.6 is 0 Å². The predicted molar refractivity (Wildman–Crippen MR) is 69.4 cm³/mol. The highest BCUT2D eigenvalue weighted by Crippen LogP contribution is 2.27. The van der Waals surface area contributed by atoms with E-state index < -0.39 is 0 Å². The zero-order valence-corrected chi connectivity index (χ0v) is 10.8. The molecule has 0 bridgehead atoms. The Kier molecular flexibility index (Phi) is 4.66. The second-order valence-electron chi connectivity index (χ2n) is 5.94. The summed E-state index contributed by atoms with van der Waals surface area (Å²) in [6, 6.07) is 1.32. The first-order valence-electron chi connectivity index (χ1n) is 7.23. The molecule has 2 aliphatic rings. The Morgan fingerprint density at radius 3 is 2.31 bits per heavy atom. The van der Waals surface area contributed by atoms with Crippen molar-refractivity contribution in [2.75, 3.05) is 13.6 Å². The number of hydrogen-bond acceptors (Lipinski definition) is 2. The summed E-state index contributed by atoms with van der Waals surface area (Å²) in [6.07, 6.45) is 12.5. The molecule has 0 aromatic carbocycles. The summed E-state index contributed by atoms with van der Waals surface area (Å²) >= 11 is 0. The summed E-state index contributed by atoms with van der Waals surface area (Å²) in [5.41, 5.74) is 6.30. The number of rotatable bonds is 3. The molecule has 2 heteroatoms. The average molecular weight is 224 g/mol. The van der Waals surface area contributed by atoms with Gasteiger partial charge in [-0.1, -0.05) is 32.1 Å². The summed E-state index contributed by atoms with van der Waals surface area (Å²) < 4.78 is 0. The lowest BCUT2D eigenvalue weighted by molar-refractivity contribution is 0.188. The molecule has 0 aliphatic heterocycles. The van der Waals surface area contributed by atoms with Gasteiger partial charge in [0.25, 0.3) is 0 Å². The maximum atomic E-state index is 6.30. The lowest BCUT2D eigenvalue weighted by Crippen LogP contribution is -2.40. The first-order valence-corrected chi connectivity index (χ1v) is 7.23. The summed E-state index contributed by atoms with van der Waals surface area (Å²) in [7, 11) is 2.31. The summed E-state index contributed by atoms with van der Waals surface area (Å²) in [6.45, 7) is 1.24. The molecule has 94 valence electrons. The van der Waals surface area contributed by atoms with Crippen LogP contribution in [0, 0.1) is 5.92 Å². The van der Waals surface area contributed by atoms with E-state index in [1.54, 1.807) is 0 Å². The van der Waals surface area contributed by atoms with Crippen molar-refractivity contribution in [3.05, 3.63) is 0 Å². The van der Waals surface area contributed by atoms with Crippen LogP contribution in [0.2, 0.25) is 0 Å². The van der Waals surface area contributed by atoms with Crippen molar-refractivity contribution in [3.63, 3.8) is 0 Å². The van der Waals surface area contributed by atoms with Gasteiger partial charge in [-0.25, -0.2) is 0 Å². The number of nitrogens with zero attached hydrogens (tertiary/aromatic N) is 1. The Morgan fingerprint density at radius 1 is 0.938 bits per heavy atom. The first kappa shape index (κ1) is 12.4. The van der Waals surface area contributed by atoms with Crippen molar-refractivity contribution in [2.45, 2.75) is 69.9 Å². The molecular weight excluding hydrogens is 196 g/mol. The molecule has 2 atom stereocenters. The van der Waals surface area contributed by atoms with Gasteiger partial charge in [0, 0.05) is 18.6 Å². The van der Waals surface area contributed by atoms with Crippen molar-refractivity contribution in [2.24, 2.45) is 11.7 Å². The monoisotopic (exact) mass is 224 g/mol. The van der Waals surface area contributed by atoms with Crippen LogP contribution in [0.15, 0.2) is 0 Å². The Bertz CT molecular complexity index is 199. The third-order valence-electron chi connectivity index (χ3n) is 4.69. The second kappa shape index (κ2) is 6.02. The van der Waals surface area contributed by atoms with Crippen LogP contribution < -0.4 is 5.73 Å². The van der Waals surface area contributed by atoms with Gasteiger partial charge >= 0.3 is 0 Å².